The molecule has 0 heterocycles. The van der Waals surface area contributed by atoms with Gasteiger partial charge in [0.2, 0.25) is 0 Å². The summed E-state index contributed by atoms with van der Waals surface area (Å²) in [6.45, 7) is 6.31. The van der Waals surface area contributed by atoms with Gasteiger partial charge in [-0.05, 0) is 77.0 Å². The fourth-order valence-electron chi connectivity index (χ4n) is 8.76. The summed E-state index contributed by atoms with van der Waals surface area (Å²) >= 11 is 0. The Morgan fingerprint density at radius 3 is 0.887 bits per heavy atom. The van der Waals surface area contributed by atoms with Gasteiger partial charge in [0.15, 0.2) is 23.8 Å². The summed E-state index contributed by atoms with van der Waals surface area (Å²) in [6.07, 6.45) is 36.9. The third-order valence-electron chi connectivity index (χ3n) is 12.5. The first-order valence-electron chi connectivity index (χ1n) is 25.5. The smallest absolute Gasteiger partial charge is 0.319 e. The SMILES string of the molecule is NC(N)=NCCCCCCCCN(CCCCCCCCN=C(N)NC1CCCC1)C(=O)N(CCCCCCCCN=C(N)N)CCCCCCCCN=C(N)NC1CCCC1. The van der Waals surface area contributed by atoms with E-state index in [1.54, 1.807) is 0 Å². The number of amides is 2. The zero-order valence-corrected chi connectivity index (χ0v) is 39.5. The van der Waals surface area contributed by atoms with Crippen LogP contribution in [0.25, 0.3) is 0 Å². The van der Waals surface area contributed by atoms with E-state index in [1.165, 1.54) is 116 Å². The van der Waals surface area contributed by atoms with Crippen molar-refractivity contribution in [2.45, 2.75) is 218 Å². The minimum atomic E-state index is 0.170. The van der Waals surface area contributed by atoms with Crippen molar-refractivity contribution in [1.29, 1.82) is 0 Å². The van der Waals surface area contributed by atoms with Gasteiger partial charge < -0.3 is 54.8 Å². The summed E-state index contributed by atoms with van der Waals surface area (Å²) in [6, 6.07) is 1.26. The molecule has 62 heavy (non-hydrogen) atoms. The molecule has 360 valence electrons. The van der Waals surface area contributed by atoms with E-state index in [9.17, 15) is 4.79 Å². The highest BCUT2D eigenvalue weighted by Gasteiger charge is 2.20. The molecule has 0 aromatic carbocycles. The normalized spacial score (nSPS) is 14.9. The first-order valence-corrected chi connectivity index (χ1v) is 25.5. The van der Waals surface area contributed by atoms with Crippen LogP contribution in [0.15, 0.2) is 20.0 Å². The molecule has 2 fully saturated rings. The number of aliphatic imine (C=N–C) groups is 4. The van der Waals surface area contributed by atoms with E-state index in [4.69, 9.17) is 34.4 Å². The summed E-state index contributed by atoms with van der Waals surface area (Å²) in [7, 11) is 0. The van der Waals surface area contributed by atoms with Crippen LogP contribution in [0.1, 0.15) is 205 Å². The van der Waals surface area contributed by atoms with Crippen LogP contribution in [0.2, 0.25) is 0 Å². The molecule has 2 aliphatic rings. The molecule has 0 spiro atoms. The number of nitrogens with two attached hydrogens (primary N) is 6. The zero-order valence-electron chi connectivity index (χ0n) is 39.5. The van der Waals surface area contributed by atoms with Gasteiger partial charge in [-0.25, -0.2) is 4.79 Å². The highest BCUT2D eigenvalue weighted by Crippen LogP contribution is 2.19. The molecule has 2 saturated carbocycles. The quantitative estimate of drug-likeness (QED) is 0.0176. The third-order valence-corrected chi connectivity index (χ3v) is 12.5. The van der Waals surface area contributed by atoms with Gasteiger partial charge in [-0.1, -0.05) is 128 Å². The molecule has 2 aliphatic carbocycles. The molecule has 0 saturated heterocycles. The van der Waals surface area contributed by atoms with Crippen LogP contribution < -0.4 is 45.0 Å². The minimum absolute atomic E-state index is 0.170. The average molecular weight is 873 g/mol. The molecule has 0 atom stereocenters. The van der Waals surface area contributed by atoms with Gasteiger partial charge >= 0.3 is 6.03 Å². The number of unbranched alkanes of at least 4 members (excludes halogenated alkanes) is 20. The Hall–Kier alpha value is -3.65. The molecule has 2 amide bonds. The molecule has 15 nitrogen and oxygen atoms in total. The van der Waals surface area contributed by atoms with Crippen LogP contribution >= 0.6 is 0 Å². The molecular formula is C47H96N14O. The van der Waals surface area contributed by atoms with Crippen LogP contribution in [0.3, 0.4) is 0 Å². The van der Waals surface area contributed by atoms with E-state index in [0.29, 0.717) is 37.1 Å². The van der Waals surface area contributed by atoms with Gasteiger partial charge in [0, 0.05) is 64.4 Å². The van der Waals surface area contributed by atoms with Gasteiger partial charge in [-0.2, -0.15) is 0 Å². The predicted octanol–water partition coefficient (Wildman–Crippen LogP) is 7.31. The van der Waals surface area contributed by atoms with E-state index in [0.717, 1.165) is 129 Å². The van der Waals surface area contributed by atoms with E-state index in [1.807, 2.05) is 0 Å². The Labute approximate surface area is 378 Å². The minimum Gasteiger partial charge on any atom is -0.370 e. The lowest BCUT2D eigenvalue weighted by Gasteiger charge is -2.31. The van der Waals surface area contributed by atoms with Crippen molar-refractivity contribution in [1.82, 2.24) is 20.4 Å². The molecule has 2 rings (SSSR count). The summed E-state index contributed by atoms with van der Waals surface area (Å²) in [4.78, 5) is 36.1. The number of carbonyl (C=O) groups excluding carboxylic acids is 1. The molecule has 0 radical (unpaired) electrons. The van der Waals surface area contributed by atoms with Crippen LogP contribution in [0.5, 0.6) is 0 Å². The standard InChI is InChI=1S/C47H96N14O/c48-43(49)54-33-21-9-1-5-13-25-37-60(39-27-15-7-3-11-23-35-56-45(52)58-41-29-17-18-30-41)47(62)61(38-26-14-6-2-10-22-34-55-44(50)51)40-28-16-8-4-12-24-36-57-46(53)59-42-31-19-20-32-42/h41-42H,1-40H2,(H4,48,49,54)(H4,50,51,55)(H3,52,56,58)(H3,53,57,59). The van der Waals surface area contributed by atoms with Crippen LogP contribution in [-0.2, 0) is 0 Å². The van der Waals surface area contributed by atoms with Gasteiger partial charge in [0.25, 0.3) is 0 Å². The van der Waals surface area contributed by atoms with E-state index < -0.39 is 0 Å². The molecule has 0 bridgehead atoms. The molecule has 0 aliphatic heterocycles. The predicted molar refractivity (Wildman–Crippen MR) is 264 cm³/mol. The maximum Gasteiger partial charge on any atom is 0.319 e. The number of nitrogens with one attached hydrogen (secondary N) is 2. The molecule has 15 heteroatoms. The number of nitrogens with zero attached hydrogens (tertiary/aromatic N) is 6. The van der Waals surface area contributed by atoms with E-state index in [2.05, 4.69) is 40.4 Å². The topological polar surface area (TPSA) is 253 Å². The van der Waals surface area contributed by atoms with Crippen molar-refractivity contribution in [3.05, 3.63) is 0 Å². The Bertz CT molecular complexity index is 1120. The second-order valence-electron chi connectivity index (χ2n) is 18.1. The monoisotopic (exact) mass is 873 g/mol. The first kappa shape index (κ1) is 54.5. The highest BCUT2D eigenvalue weighted by atomic mass is 16.2. The van der Waals surface area contributed by atoms with Crippen LogP contribution in [0, 0.1) is 0 Å². The number of urea groups is 1. The largest absolute Gasteiger partial charge is 0.370 e. The van der Waals surface area contributed by atoms with Gasteiger partial charge in [-0.3, -0.25) is 20.0 Å². The van der Waals surface area contributed by atoms with Crippen molar-refractivity contribution in [3.63, 3.8) is 0 Å². The number of hydrogen-bond acceptors (Lipinski definition) is 5. The van der Waals surface area contributed by atoms with Crippen molar-refractivity contribution < 1.29 is 4.79 Å². The lowest BCUT2D eigenvalue weighted by Crippen LogP contribution is -2.45. The molecule has 0 unspecified atom stereocenters. The van der Waals surface area contributed by atoms with Crippen molar-refractivity contribution in [3.8, 4) is 0 Å². The van der Waals surface area contributed by atoms with E-state index in [-0.39, 0.29) is 18.0 Å². The second-order valence-corrected chi connectivity index (χ2v) is 18.1. The van der Waals surface area contributed by atoms with Crippen molar-refractivity contribution in [2.75, 3.05) is 52.4 Å². The van der Waals surface area contributed by atoms with Crippen LogP contribution in [-0.4, -0.2) is 104 Å². The number of rotatable bonds is 38. The molecular weight excluding hydrogens is 777 g/mol. The number of guanidine groups is 4. The Kier molecular flexibility index (Phi) is 33.3. The summed E-state index contributed by atoms with van der Waals surface area (Å²) in [5.74, 6) is 1.56. The highest BCUT2D eigenvalue weighted by molar-refractivity contribution is 5.78. The Morgan fingerprint density at radius 1 is 0.371 bits per heavy atom. The van der Waals surface area contributed by atoms with Crippen molar-refractivity contribution in [2.24, 2.45) is 54.4 Å². The molecule has 0 aromatic heterocycles. The molecule has 14 N–H and O–H groups in total. The first-order chi connectivity index (χ1) is 30.2. The fraction of sp³-hybridized carbons (Fsp3) is 0.894. The fourth-order valence-corrected chi connectivity index (χ4v) is 8.76. The summed E-state index contributed by atoms with van der Waals surface area (Å²) in [5.41, 5.74) is 34.1. The number of carbonyl (C=O) groups is 1. The van der Waals surface area contributed by atoms with Gasteiger partial charge in [0.1, 0.15) is 0 Å². The maximum atomic E-state index is 14.4. The maximum absolute atomic E-state index is 14.4. The third kappa shape index (κ3) is 31.2. The summed E-state index contributed by atoms with van der Waals surface area (Å²) < 4.78 is 0. The Balaban J connectivity index is 1.83. The lowest BCUT2D eigenvalue weighted by molar-refractivity contribution is 0.148. The zero-order chi connectivity index (χ0) is 44.7. The van der Waals surface area contributed by atoms with Crippen molar-refractivity contribution >= 4 is 29.9 Å². The van der Waals surface area contributed by atoms with E-state index >= 15 is 0 Å². The summed E-state index contributed by atoms with van der Waals surface area (Å²) in [5, 5.41) is 6.77. The van der Waals surface area contributed by atoms with Gasteiger partial charge in [0.05, 0.1) is 0 Å². The Morgan fingerprint density at radius 2 is 0.613 bits per heavy atom. The lowest BCUT2D eigenvalue weighted by atomic mass is 10.1. The van der Waals surface area contributed by atoms with Crippen LogP contribution in [0.4, 0.5) is 4.79 Å². The average Bonchev–Trinajstić information content (AvgIpc) is 3.97. The number of hydrogen-bond donors (Lipinski definition) is 8. The molecule has 0 aromatic rings. The second kappa shape index (κ2) is 37.9. The van der Waals surface area contributed by atoms with Gasteiger partial charge in [-0.15, -0.1) is 0 Å².